The minimum Gasteiger partial charge on any atom is -0.458 e. The predicted molar refractivity (Wildman–Crippen MR) is 263 cm³/mol. The lowest BCUT2D eigenvalue weighted by molar-refractivity contribution is -0.156. The van der Waals surface area contributed by atoms with Crippen molar-refractivity contribution >= 4 is 47.4 Å². The lowest BCUT2D eigenvalue weighted by Gasteiger charge is -2.37. The van der Waals surface area contributed by atoms with Gasteiger partial charge in [0.1, 0.15) is 23.7 Å². The summed E-state index contributed by atoms with van der Waals surface area (Å²) in [6.07, 6.45) is 6.48. The van der Waals surface area contributed by atoms with Crippen LogP contribution in [0.15, 0.2) is 158 Å². The third-order valence-corrected chi connectivity index (χ3v) is 14.4. The van der Waals surface area contributed by atoms with Crippen LogP contribution in [0, 0.1) is 5.82 Å². The van der Waals surface area contributed by atoms with Crippen molar-refractivity contribution in [3.05, 3.63) is 203 Å². The summed E-state index contributed by atoms with van der Waals surface area (Å²) in [5, 5.41) is 10.2. The topological polar surface area (TPSA) is 109 Å². The van der Waals surface area contributed by atoms with E-state index in [9.17, 15) is 18.8 Å². The first-order valence-corrected chi connectivity index (χ1v) is 24.3. The van der Waals surface area contributed by atoms with Gasteiger partial charge in [0.2, 0.25) is 0 Å². The van der Waals surface area contributed by atoms with Gasteiger partial charge in [0.15, 0.2) is 0 Å². The van der Waals surface area contributed by atoms with Gasteiger partial charge in [0, 0.05) is 40.5 Å². The maximum absolute atomic E-state index is 14.4. The minimum atomic E-state index is -0.816. The number of benzene rings is 5. The Hall–Kier alpha value is -5.75. The van der Waals surface area contributed by atoms with Crippen LogP contribution in [0.4, 0.5) is 10.1 Å². The summed E-state index contributed by atoms with van der Waals surface area (Å²) < 4.78 is 19.3. The lowest BCUT2D eigenvalue weighted by Crippen LogP contribution is -2.48. The standard InChI is InChI=1S/C54H57FN4O4S2/c1-53(2,3)63-52(62)50(48-34-45(35-57-48)65-54(39-16-8-5-9-17-39,40-18-10-6-11-19-40)41-20-12-7-13-21-41)58-43-30-27-38(26-23-37-24-28-42(55)29-25-37)46(32-43)51(61)59-44(36-60)33-49(64-4)47-22-14-15-31-56-47/h5-22,24-25,27-32,36,44-45,48-50,57-58H,23,26,33-35H2,1-4H3,(H,59,61)/t44-,45?,48?,49?,50?/m0/s1. The molecule has 1 fully saturated rings. The number of nitrogens with one attached hydrogen (secondary N) is 3. The van der Waals surface area contributed by atoms with Gasteiger partial charge in [-0.15, -0.1) is 11.8 Å². The molecule has 5 aromatic carbocycles. The van der Waals surface area contributed by atoms with Crippen LogP contribution in [0.1, 0.15) is 82.7 Å². The number of halogens is 1. The van der Waals surface area contributed by atoms with E-state index in [1.165, 1.54) is 12.1 Å². The maximum Gasteiger partial charge on any atom is 0.330 e. The van der Waals surface area contributed by atoms with E-state index in [0.29, 0.717) is 43.5 Å². The Labute approximate surface area is 391 Å². The van der Waals surface area contributed by atoms with Crippen LogP contribution in [0.3, 0.4) is 0 Å². The Bertz CT molecular complexity index is 2380. The third kappa shape index (κ3) is 12.1. The van der Waals surface area contributed by atoms with E-state index in [1.807, 2.05) is 87.3 Å². The fourth-order valence-electron chi connectivity index (χ4n) is 8.47. The summed E-state index contributed by atoms with van der Waals surface area (Å²) in [7, 11) is 0. The van der Waals surface area contributed by atoms with Gasteiger partial charge < -0.3 is 25.5 Å². The van der Waals surface area contributed by atoms with Crippen LogP contribution in [-0.2, 0) is 31.9 Å². The van der Waals surface area contributed by atoms with Crippen LogP contribution in [0.5, 0.6) is 0 Å². The average molecular weight is 909 g/mol. The van der Waals surface area contributed by atoms with Gasteiger partial charge in [0.25, 0.3) is 5.91 Å². The fraction of sp³-hybridized carbons (Fsp3) is 0.296. The molecule has 1 amide bonds. The van der Waals surface area contributed by atoms with E-state index >= 15 is 0 Å². The van der Waals surface area contributed by atoms with Crippen molar-refractivity contribution in [2.24, 2.45) is 0 Å². The number of carbonyl (C=O) groups excluding carboxylic acids is 3. The Morgan fingerprint density at radius 1 is 0.831 bits per heavy atom. The number of aryl methyl sites for hydroxylation is 2. The highest BCUT2D eigenvalue weighted by atomic mass is 32.2. The Morgan fingerprint density at radius 2 is 1.45 bits per heavy atom. The number of ether oxygens (including phenoxy) is 1. The van der Waals surface area contributed by atoms with E-state index in [-0.39, 0.29) is 22.4 Å². The molecule has 3 N–H and O–H groups in total. The number of rotatable bonds is 19. The zero-order chi connectivity index (χ0) is 45.8. The number of aromatic nitrogens is 1. The molecular weight excluding hydrogens is 852 g/mol. The average Bonchev–Trinajstić information content (AvgIpc) is 3.79. The van der Waals surface area contributed by atoms with Crippen molar-refractivity contribution in [3.63, 3.8) is 0 Å². The number of aldehydes is 1. The molecule has 0 saturated carbocycles. The zero-order valence-electron chi connectivity index (χ0n) is 37.3. The quantitative estimate of drug-likeness (QED) is 0.0416. The number of nitrogens with zero attached hydrogens (tertiary/aromatic N) is 1. The summed E-state index contributed by atoms with van der Waals surface area (Å²) in [6.45, 7) is 6.21. The van der Waals surface area contributed by atoms with Crippen LogP contribution in [0.25, 0.3) is 0 Å². The molecule has 6 aromatic rings. The van der Waals surface area contributed by atoms with Crippen molar-refractivity contribution in [2.45, 2.75) is 85.4 Å². The molecule has 4 unspecified atom stereocenters. The van der Waals surface area contributed by atoms with Crippen molar-refractivity contribution in [1.82, 2.24) is 15.6 Å². The summed E-state index contributed by atoms with van der Waals surface area (Å²) >= 11 is 3.45. The molecule has 1 saturated heterocycles. The zero-order valence-corrected chi connectivity index (χ0v) is 38.9. The largest absolute Gasteiger partial charge is 0.458 e. The first-order chi connectivity index (χ1) is 31.5. The van der Waals surface area contributed by atoms with E-state index in [4.69, 9.17) is 4.74 Å². The van der Waals surface area contributed by atoms with Crippen molar-refractivity contribution in [2.75, 3.05) is 18.1 Å². The van der Waals surface area contributed by atoms with E-state index < -0.39 is 34.3 Å². The number of amides is 1. The molecule has 0 radical (unpaired) electrons. The second-order valence-corrected chi connectivity index (χ2v) is 19.9. The molecule has 65 heavy (non-hydrogen) atoms. The van der Waals surface area contributed by atoms with Crippen LogP contribution in [-0.4, -0.2) is 64.9 Å². The molecule has 0 bridgehead atoms. The highest BCUT2D eigenvalue weighted by molar-refractivity contribution is 8.01. The monoisotopic (exact) mass is 908 g/mol. The minimum absolute atomic E-state index is 0.0824. The van der Waals surface area contributed by atoms with E-state index in [0.717, 1.165) is 39.8 Å². The van der Waals surface area contributed by atoms with Gasteiger partial charge in [-0.05, 0) is 117 Å². The molecule has 1 aliphatic heterocycles. The Kier molecular flexibility index (Phi) is 15.9. The molecule has 8 nitrogen and oxygen atoms in total. The molecule has 1 aromatic heterocycles. The summed E-state index contributed by atoms with van der Waals surface area (Å²) in [4.78, 5) is 45.7. The van der Waals surface area contributed by atoms with Gasteiger partial charge in [-0.1, -0.05) is 115 Å². The maximum atomic E-state index is 14.4. The summed E-state index contributed by atoms with van der Waals surface area (Å²) in [5.41, 5.74) is 6.15. The highest BCUT2D eigenvalue weighted by Gasteiger charge is 2.44. The lowest BCUT2D eigenvalue weighted by atomic mass is 9.84. The number of anilines is 1. The van der Waals surface area contributed by atoms with Crippen LogP contribution in [0.2, 0.25) is 0 Å². The highest BCUT2D eigenvalue weighted by Crippen LogP contribution is 2.51. The molecule has 2 heterocycles. The molecule has 1 aliphatic rings. The predicted octanol–water partition coefficient (Wildman–Crippen LogP) is 10.4. The third-order valence-electron chi connectivity index (χ3n) is 11.6. The molecule has 11 heteroatoms. The first-order valence-electron chi connectivity index (χ1n) is 22.1. The second kappa shape index (κ2) is 22.0. The Balaban J connectivity index is 1.18. The van der Waals surface area contributed by atoms with Gasteiger partial charge in [-0.3, -0.25) is 9.78 Å². The normalized spacial score (nSPS) is 16.5. The number of carbonyl (C=O) groups is 3. The number of esters is 1. The fourth-order valence-corrected chi connectivity index (χ4v) is 11.1. The second-order valence-electron chi connectivity index (χ2n) is 17.4. The van der Waals surface area contributed by atoms with E-state index in [2.05, 4.69) is 93.7 Å². The van der Waals surface area contributed by atoms with Crippen molar-refractivity contribution in [3.8, 4) is 0 Å². The van der Waals surface area contributed by atoms with Crippen LogP contribution < -0.4 is 16.0 Å². The number of hydrogen-bond acceptors (Lipinski definition) is 9. The van der Waals surface area contributed by atoms with Gasteiger partial charge in [-0.2, -0.15) is 11.8 Å². The van der Waals surface area contributed by atoms with Gasteiger partial charge >= 0.3 is 5.97 Å². The smallest absolute Gasteiger partial charge is 0.330 e. The Morgan fingerprint density at radius 3 is 2.00 bits per heavy atom. The summed E-state index contributed by atoms with van der Waals surface area (Å²) in [6, 6.07) is 47.3. The molecule has 336 valence electrons. The molecular formula is C54H57FN4O4S2. The first kappa shape index (κ1) is 47.2. The molecule has 0 aliphatic carbocycles. The molecule has 5 atom stereocenters. The van der Waals surface area contributed by atoms with Gasteiger partial charge in [0.05, 0.1) is 16.5 Å². The summed E-state index contributed by atoms with van der Waals surface area (Å²) in [5.74, 6) is -1.14. The number of hydrogen-bond donors (Lipinski definition) is 3. The molecule has 7 rings (SSSR count). The van der Waals surface area contributed by atoms with Gasteiger partial charge in [-0.25, -0.2) is 9.18 Å². The number of thioether (sulfide) groups is 2. The molecule has 0 spiro atoms. The van der Waals surface area contributed by atoms with E-state index in [1.54, 1.807) is 36.2 Å². The SMILES string of the molecule is CSC(C[C@@H](C=O)NC(=O)c1cc(NC(C(=O)OC(C)(C)C)C2CC(SC(c3ccccc3)(c3ccccc3)c3ccccc3)CN2)ccc1CCc1ccc(F)cc1)c1ccccn1. The van der Waals surface area contributed by atoms with Crippen molar-refractivity contribution < 1.29 is 23.5 Å². The number of pyridine rings is 1. The van der Waals surface area contributed by atoms with Crippen LogP contribution >= 0.6 is 23.5 Å². The van der Waals surface area contributed by atoms with Crippen molar-refractivity contribution in [1.29, 1.82) is 0 Å².